The van der Waals surface area contributed by atoms with Crippen LogP contribution in [0.25, 0.3) is 0 Å². The van der Waals surface area contributed by atoms with Crippen LogP contribution < -0.4 is 4.72 Å². The second-order valence-electron chi connectivity index (χ2n) is 5.17. The predicted molar refractivity (Wildman–Crippen MR) is 87.1 cm³/mol. The summed E-state index contributed by atoms with van der Waals surface area (Å²) in [6.07, 6.45) is 1.04. The van der Waals surface area contributed by atoms with Gasteiger partial charge in [0.05, 0.1) is 16.5 Å². The number of nitrogens with zero attached hydrogens (tertiary/aromatic N) is 1. The molecule has 0 fully saturated rings. The van der Waals surface area contributed by atoms with Crippen LogP contribution >= 0.6 is 0 Å². The zero-order valence-electron chi connectivity index (χ0n) is 12.6. The van der Waals surface area contributed by atoms with Crippen molar-refractivity contribution in [3.63, 3.8) is 0 Å². The highest BCUT2D eigenvalue weighted by atomic mass is 32.2. The summed E-state index contributed by atoms with van der Waals surface area (Å²) in [5.41, 5.74) is 2.14. The molecule has 1 N–H and O–H groups in total. The molecule has 114 valence electrons. The summed E-state index contributed by atoms with van der Waals surface area (Å²) >= 11 is 0. The Balaban J connectivity index is 2.19. The van der Waals surface area contributed by atoms with Crippen molar-refractivity contribution in [2.45, 2.75) is 31.1 Å². The molecule has 0 spiro atoms. The van der Waals surface area contributed by atoms with E-state index in [0.29, 0.717) is 17.2 Å². The Labute approximate surface area is 131 Å². The van der Waals surface area contributed by atoms with Crippen LogP contribution in [0, 0.1) is 11.3 Å². The predicted octanol–water partition coefficient (Wildman–Crippen LogP) is 3.87. The fourth-order valence-corrected chi connectivity index (χ4v) is 3.10. The van der Waals surface area contributed by atoms with Gasteiger partial charge in [0.2, 0.25) is 0 Å². The number of nitrogens with one attached hydrogen (secondary N) is 1. The third kappa shape index (κ3) is 3.66. The fraction of sp³-hybridized carbons (Fsp3) is 0.235. The molecule has 1 unspecified atom stereocenters. The van der Waals surface area contributed by atoms with E-state index in [-0.39, 0.29) is 4.90 Å². The molecule has 0 radical (unpaired) electrons. The molecule has 22 heavy (non-hydrogen) atoms. The highest BCUT2D eigenvalue weighted by molar-refractivity contribution is 7.92. The summed E-state index contributed by atoms with van der Waals surface area (Å²) in [4.78, 5) is 0.137. The van der Waals surface area contributed by atoms with E-state index >= 15 is 0 Å². The molecule has 0 heterocycles. The molecule has 4 nitrogen and oxygen atoms in total. The van der Waals surface area contributed by atoms with E-state index in [9.17, 15) is 8.42 Å². The number of nitriles is 1. The molecule has 0 bridgehead atoms. The normalized spacial score (nSPS) is 12.4. The lowest BCUT2D eigenvalue weighted by molar-refractivity contribution is 0.601. The molecule has 0 amide bonds. The van der Waals surface area contributed by atoms with Crippen molar-refractivity contribution in [2.24, 2.45) is 0 Å². The third-order valence-electron chi connectivity index (χ3n) is 3.64. The van der Waals surface area contributed by atoms with Gasteiger partial charge < -0.3 is 0 Å². The number of hydrogen-bond acceptors (Lipinski definition) is 3. The first-order valence-corrected chi connectivity index (χ1v) is 8.57. The van der Waals surface area contributed by atoms with Gasteiger partial charge in [-0.05, 0) is 54.3 Å². The Bertz CT molecular complexity index is 773. The first-order chi connectivity index (χ1) is 10.5. The standard InChI is InChI=1S/C17H18N2O2S/c1-3-13(2)15-6-8-16(9-7-15)19-22(20,21)17-10-4-14(12-18)5-11-17/h4-11,13,19H,3H2,1-2H3. The first kappa shape index (κ1) is 16.1. The van der Waals surface area contributed by atoms with E-state index in [0.717, 1.165) is 6.42 Å². The summed E-state index contributed by atoms with van der Waals surface area (Å²) in [6.45, 7) is 4.25. The molecule has 2 aromatic carbocycles. The summed E-state index contributed by atoms with van der Waals surface area (Å²) in [6, 6.07) is 15.2. The van der Waals surface area contributed by atoms with E-state index in [1.165, 1.54) is 29.8 Å². The lowest BCUT2D eigenvalue weighted by Gasteiger charge is -2.11. The molecule has 2 aromatic rings. The van der Waals surface area contributed by atoms with E-state index in [1.54, 1.807) is 12.1 Å². The second-order valence-corrected chi connectivity index (χ2v) is 6.86. The minimum atomic E-state index is -3.64. The minimum Gasteiger partial charge on any atom is -0.280 e. The number of benzene rings is 2. The van der Waals surface area contributed by atoms with Crippen LogP contribution in [0.4, 0.5) is 5.69 Å². The van der Waals surface area contributed by atoms with Crippen LogP contribution in [0.2, 0.25) is 0 Å². The third-order valence-corrected chi connectivity index (χ3v) is 5.04. The van der Waals surface area contributed by atoms with Crippen molar-refractivity contribution in [1.82, 2.24) is 0 Å². The van der Waals surface area contributed by atoms with Gasteiger partial charge >= 0.3 is 0 Å². The van der Waals surface area contributed by atoms with Crippen molar-refractivity contribution >= 4 is 15.7 Å². The maximum atomic E-state index is 12.3. The smallest absolute Gasteiger partial charge is 0.261 e. The number of anilines is 1. The zero-order valence-corrected chi connectivity index (χ0v) is 13.4. The second kappa shape index (κ2) is 6.63. The molecule has 5 heteroatoms. The van der Waals surface area contributed by atoms with E-state index < -0.39 is 10.0 Å². The average molecular weight is 314 g/mol. The monoisotopic (exact) mass is 314 g/mol. The lowest BCUT2D eigenvalue weighted by Crippen LogP contribution is -2.12. The number of sulfonamides is 1. The van der Waals surface area contributed by atoms with Crippen LogP contribution in [0.1, 0.15) is 37.3 Å². The van der Waals surface area contributed by atoms with Crippen molar-refractivity contribution in [1.29, 1.82) is 5.26 Å². The highest BCUT2D eigenvalue weighted by Crippen LogP contribution is 2.22. The molecule has 0 aromatic heterocycles. The molecule has 0 aliphatic rings. The highest BCUT2D eigenvalue weighted by Gasteiger charge is 2.14. The Morgan fingerprint density at radius 1 is 1.09 bits per heavy atom. The average Bonchev–Trinajstić information content (AvgIpc) is 2.54. The minimum absolute atomic E-state index is 0.137. The van der Waals surface area contributed by atoms with Gasteiger partial charge in [-0.25, -0.2) is 8.42 Å². The summed E-state index contributed by atoms with van der Waals surface area (Å²) in [7, 11) is -3.64. The van der Waals surface area contributed by atoms with Crippen molar-refractivity contribution in [3.05, 3.63) is 59.7 Å². The molecule has 0 saturated heterocycles. The van der Waals surface area contributed by atoms with Crippen LogP contribution in [0.15, 0.2) is 53.4 Å². The van der Waals surface area contributed by atoms with Crippen LogP contribution in [-0.2, 0) is 10.0 Å². The van der Waals surface area contributed by atoms with Crippen molar-refractivity contribution in [2.75, 3.05) is 4.72 Å². The van der Waals surface area contributed by atoms with Crippen LogP contribution in [0.5, 0.6) is 0 Å². The van der Waals surface area contributed by atoms with Crippen LogP contribution in [0.3, 0.4) is 0 Å². The van der Waals surface area contributed by atoms with Gasteiger partial charge in [0, 0.05) is 5.69 Å². The summed E-state index contributed by atoms with van der Waals surface area (Å²) in [5.74, 6) is 0.448. The van der Waals surface area contributed by atoms with Gasteiger partial charge in [0.1, 0.15) is 0 Å². The Morgan fingerprint density at radius 3 is 2.18 bits per heavy atom. The maximum absolute atomic E-state index is 12.3. The molecular weight excluding hydrogens is 296 g/mol. The molecule has 2 rings (SSSR count). The first-order valence-electron chi connectivity index (χ1n) is 7.09. The van der Waals surface area contributed by atoms with E-state index in [2.05, 4.69) is 18.6 Å². The van der Waals surface area contributed by atoms with Crippen molar-refractivity contribution in [3.8, 4) is 6.07 Å². The Morgan fingerprint density at radius 2 is 1.68 bits per heavy atom. The van der Waals surface area contributed by atoms with Crippen molar-refractivity contribution < 1.29 is 8.42 Å². The largest absolute Gasteiger partial charge is 0.280 e. The number of hydrogen-bond donors (Lipinski definition) is 1. The molecular formula is C17H18N2O2S. The Hall–Kier alpha value is -2.32. The van der Waals surface area contributed by atoms with E-state index in [1.807, 2.05) is 18.2 Å². The molecule has 0 aliphatic carbocycles. The van der Waals surface area contributed by atoms with Crippen LogP contribution in [-0.4, -0.2) is 8.42 Å². The van der Waals surface area contributed by atoms with Gasteiger partial charge in [0.25, 0.3) is 10.0 Å². The quantitative estimate of drug-likeness (QED) is 0.910. The fourth-order valence-electron chi connectivity index (χ4n) is 2.04. The van der Waals surface area contributed by atoms with Gasteiger partial charge in [-0.2, -0.15) is 5.26 Å². The molecule has 1 atom stereocenters. The van der Waals surface area contributed by atoms with Gasteiger partial charge in [0.15, 0.2) is 0 Å². The van der Waals surface area contributed by atoms with Gasteiger partial charge in [-0.3, -0.25) is 4.72 Å². The zero-order chi connectivity index (χ0) is 16.2. The topological polar surface area (TPSA) is 70.0 Å². The SMILES string of the molecule is CCC(C)c1ccc(NS(=O)(=O)c2ccc(C#N)cc2)cc1. The molecule has 0 saturated carbocycles. The van der Waals surface area contributed by atoms with E-state index in [4.69, 9.17) is 5.26 Å². The maximum Gasteiger partial charge on any atom is 0.261 e. The van der Waals surface area contributed by atoms with Gasteiger partial charge in [-0.15, -0.1) is 0 Å². The Kier molecular flexibility index (Phi) is 4.84. The molecule has 0 aliphatic heterocycles. The summed E-state index contributed by atoms with van der Waals surface area (Å²) < 4.78 is 27.1. The number of rotatable bonds is 5. The summed E-state index contributed by atoms with van der Waals surface area (Å²) in [5, 5.41) is 8.74. The lowest BCUT2D eigenvalue weighted by atomic mass is 9.99. The van der Waals surface area contributed by atoms with Gasteiger partial charge in [-0.1, -0.05) is 26.0 Å².